The van der Waals surface area contributed by atoms with Crippen molar-refractivity contribution in [2.75, 3.05) is 0 Å². The molecule has 0 heterocycles. The van der Waals surface area contributed by atoms with Crippen molar-refractivity contribution in [1.82, 2.24) is 0 Å². The summed E-state index contributed by atoms with van der Waals surface area (Å²) in [7, 11) is 0. The van der Waals surface area contributed by atoms with Gasteiger partial charge in [-0.3, -0.25) is 0 Å². The van der Waals surface area contributed by atoms with Crippen LogP contribution in [0.4, 0.5) is 0 Å². The second-order valence-corrected chi connectivity index (χ2v) is 11.0. The van der Waals surface area contributed by atoms with Gasteiger partial charge < -0.3 is 0 Å². The van der Waals surface area contributed by atoms with Crippen LogP contribution in [0.3, 0.4) is 0 Å². The van der Waals surface area contributed by atoms with E-state index in [2.05, 4.69) is 58.0 Å². The standard InChI is InChI=1S/C23H30OSe/c1-22(2)12-13-23(3,4)21-15-19(9-10-20(21)22)25-14-11-17-5-7-18(16-24)8-6-17/h5-10,15,24H,11-14,16H2,1-4H3. The molecule has 0 aromatic heterocycles. The van der Waals surface area contributed by atoms with Gasteiger partial charge in [0.15, 0.2) is 0 Å². The summed E-state index contributed by atoms with van der Waals surface area (Å²) in [5.74, 6) is 0. The normalized spacial score (nSPS) is 18.0. The second-order valence-electron chi connectivity index (χ2n) is 8.55. The maximum atomic E-state index is 9.13. The summed E-state index contributed by atoms with van der Waals surface area (Å²) in [5, 5.41) is 10.4. The van der Waals surface area contributed by atoms with Crippen LogP contribution in [0, 0.1) is 0 Å². The summed E-state index contributed by atoms with van der Waals surface area (Å²) in [6, 6.07) is 15.7. The first-order chi connectivity index (χ1) is 11.8. The van der Waals surface area contributed by atoms with Crippen LogP contribution in [0.25, 0.3) is 0 Å². The van der Waals surface area contributed by atoms with Gasteiger partial charge in [0.2, 0.25) is 0 Å². The van der Waals surface area contributed by atoms with Crippen LogP contribution in [0.15, 0.2) is 42.5 Å². The predicted octanol–water partition coefficient (Wildman–Crippen LogP) is 4.52. The number of hydrogen-bond donors (Lipinski definition) is 1. The Bertz CT molecular complexity index is 728. The quantitative estimate of drug-likeness (QED) is 0.731. The molecule has 2 heteroatoms. The van der Waals surface area contributed by atoms with Crippen LogP contribution >= 0.6 is 0 Å². The first-order valence-corrected chi connectivity index (χ1v) is 11.4. The van der Waals surface area contributed by atoms with Gasteiger partial charge in [-0.1, -0.05) is 0 Å². The maximum absolute atomic E-state index is 9.13. The Labute approximate surface area is 159 Å². The van der Waals surface area contributed by atoms with Crippen molar-refractivity contribution in [1.29, 1.82) is 0 Å². The summed E-state index contributed by atoms with van der Waals surface area (Å²) in [5.41, 5.74) is 6.12. The summed E-state index contributed by atoms with van der Waals surface area (Å²) in [4.78, 5) is 0. The molecule has 134 valence electrons. The van der Waals surface area contributed by atoms with E-state index in [0.717, 1.165) is 12.0 Å². The molecule has 0 bridgehead atoms. The number of hydrogen-bond acceptors (Lipinski definition) is 1. The van der Waals surface area contributed by atoms with Gasteiger partial charge in [0.05, 0.1) is 0 Å². The van der Waals surface area contributed by atoms with Crippen molar-refractivity contribution in [2.24, 2.45) is 0 Å². The van der Waals surface area contributed by atoms with Crippen molar-refractivity contribution in [3.8, 4) is 0 Å². The van der Waals surface area contributed by atoms with E-state index < -0.39 is 0 Å². The Hall–Kier alpha value is -1.08. The average molecular weight is 401 g/mol. The van der Waals surface area contributed by atoms with Gasteiger partial charge in [0.25, 0.3) is 0 Å². The van der Waals surface area contributed by atoms with Gasteiger partial charge >= 0.3 is 159 Å². The molecule has 3 rings (SSSR count). The van der Waals surface area contributed by atoms with Gasteiger partial charge in [-0.15, -0.1) is 0 Å². The molecule has 0 saturated carbocycles. The fraction of sp³-hybridized carbons (Fsp3) is 0.478. The van der Waals surface area contributed by atoms with E-state index >= 15 is 0 Å². The van der Waals surface area contributed by atoms with Gasteiger partial charge in [0.1, 0.15) is 0 Å². The molecule has 2 aromatic carbocycles. The molecular formula is C23H30OSe. The molecule has 0 fully saturated rings. The Kier molecular flexibility index (Phi) is 5.44. The third-order valence-corrected chi connectivity index (χ3v) is 7.78. The third-order valence-electron chi connectivity index (χ3n) is 5.69. The van der Waals surface area contributed by atoms with Gasteiger partial charge in [-0.2, -0.15) is 0 Å². The third kappa shape index (κ3) is 4.19. The SMILES string of the molecule is CC1(C)CCC(C)(C)c2cc([Se]CCc3ccc(CO)cc3)ccc21. The van der Waals surface area contributed by atoms with Crippen LogP contribution in [-0.2, 0) is 23.9 Å². The molecule has 1 N–H and O–H groups in total. The van der Waals surface area contributed by atoms with E-state index in [9.17, 15) is 0 Å². The molecule has 0 saturated heterocycles. The molecule has 0 unspecified atom stereocenters. The molecule has 25 heavy (non-hydrogen) atoms. The van der Waals surface area contributed by atoms with Crippen LogP contribution < -0.4 is 4.46 Å². The van der Waals surface area contributed by atoms with Crippen LogP contribution in [-0.4, -0.2) is 20.1 Å². The van der Waals surface area contributed by atoms with Crippen molar-refractivity contribution in [2.45, 2.75) is 69.7 Å². The molecule has 0 amide bonds. The van der Waals surface area contributed by atoms with Gasteiger partial charge in [0, 0.05) is 0 Å². The number of aryl methyl sites for hydroxylation is 1. The summed E-state index contributed by atoms with van der Waals surface area (Å²) in [6.07, 6.45) is 3.68. The number of aliphatic hydroxyl groups is 1. The topological polar surface area (TPSA) is 20.2 Å². The first kappa shape index (κ1) is 18.7. The fourth-order valence-electron chi connectivity index (χ4n) is 3.76. The molecule has 0 atom stereocenters. The Morgan fingerprint density at radius 3 is 2.08 bits per heavy atom. The van der Waals surface area contributed by atoms with E-state index in [1.165, 1.54) is 28.2 Å². The Morgan fingerprint density at radius 2 is 1.44 bits per heavy atom. The fourth-order valence-corrected chi connectivity index (χ4v) is 5.73. The molecule has 1 aliphatic rings. The van der Waals surface area contributed by atoms with E-state index in [1.807, 2.05) is 12.1 Å². The minimum absolute atomic E-state index is 0.130. The Morgan fingerprint density at radius 1 is 0.840 bits per heavy atom. The molecule has 2 aromatic rings. The van der Waals surface area contributed by atoms with E-state index in [1.54, 1.807) is 11.1 Å². The monoisotopic (exact) mass is 402 g/mol. The van der Waals surface area contributed by atoms with Gasteiger partial charge in [-0.25, -0.2) is 0 Å². The number of rotatable bonds is 5. The summed E-state index contributed by atoms with van der Waals surface area (Å²) >= 11 is 0.516. The molecular weight excluding hydrogens is 371 g/mol. The predicted molar refractivity (Wildman–Crippen MR) is 108 cm³/mol. The van der Waals surface area contributed by atoms with Crippen molar-refractivity contribution < 1.29 is 5.11 Å². The summed E-state index contributed by atoms with van der Waals surface area (Å²) in [6.45, 7) is 9.72. The zero-order valence-corrected chi connectivity index (χ0v) is 17.6. The zero-order chi connectivity index (χ0) is 18.1. The van der Waals surface area contributed by atoms with E-state index in [0.29, 0.717) is 25.8 Å². The molecule has 1 aliphatic carbocycles. The molecule has 1 nitrogen and oxygen atoms in total. The van der Waals surface area contributed by atoms with Crippen LogP contribution in [0.1, 0.15) is 62.8 Å². The minimum atomic E-state index is 0.130. The first-order valence-electron chi connectivity index (χ1n) is 9.28. The van der Waals surface area contributed by atoms with E-state index in [4.69, 9.17) is 5.11 Å². The van der Waals surface area contributed by atoms with Crippen molar-refractivity contribution >= 4 is 19.4 Å². The zero-order valence-electron chi connectivity index (χ0n) is 15.9. The Balaban J connectivity index is 1.69. The second kappa shape index (κ2) is 7.27. The van der Waals surface area contributed by atoms with Gasteiger partial charge in [-0.05, 0) is 0 Å². The summed E-state index contributed by atoms with van der Waals surface area (Å²) < 4.78 is 1.53. The number of benzene rings is 2. The van der Waals surface area contributed by atoms with Crippen LogP contribution in [0.5, 0.6) is 0 Å². The molecule has 0 radical (unpaired) electrons. The van der Waals surface area contributed by atoms with Crippen LogP contribution in [0.2, 0.25) is 5.32 Å². The number of fused-ring (bicyclic) bond motifs is 1. The number of aliphatic hydroxyl groups excluding tert-OH is 1. The average Bonchev–Trinajstić information content (AvgIpc) is 2.60. The van der Waals surface area contributed by atoms with Crippen molar-refractivity contribution in [3.05, 3.63) is 64.7 Å². The van der Waals surface area contributed by atoms with E-state index in [-0.39, 0.29) is 6.61 Å². The van der Waals surface area contributed by atoms with Crippen molar-refractivity contribution in [3.63, 3.8) is 0 Å². The molecule has 0 spiro atoms. The molecule has 0 aliphatic heterocycles.